The van der Waals surface area contributed by atoms with E-state index in [2.05, 4.69) is 22.6 Å². The van der Waals surface area contributed by atoms with Gasteiger partial charge in [0.1, 0.15) is 13.2 Å². The fraction of sp³-hybridized carbons (Fsp3) is 0.250. The molecule has 0 radical (unpaired) electrons. The second-order valence-corrected chi connectivity index (χ2v) is 3.43. The first kappa shape index (κ1) is 7.21. The van der Waals surface area contributed by atoms with Crippen LogP contribution in [0, 0.1) is 3.57 Å². The molecule has 0 saturated carbocycles. The summed E-state index contributed by atoms with van der Waals surface area (Å²) in [4.78, 5) is 0. The molecule has 1 heterocycles. The van der Waals surface area contributed by atoms with E-state index in [0.29, 0.717) is 13.2 Å². The van der Waals surface area contributed by atoms with E-state index >= 15 is 0 Å². The molecule has 0 unspecified atom stereocenters. The minimum atomic E-state index is 0.660. The SMILES string of the molecule is Ic1cccc2c1OCCO2. The molecule has 11 heavy (non-hydrogen) atoms. The second-order valence-electron chi connectivity index (χ2n) is 2.26. The highest BCUT2D eigenvalue weighted by molar-refractivity contribution is 14.1. The van der Waals surface area contributed by atoms with Crippen LogP contribution in [0.25, 0.3) is 0 Å². The average Bonchev–Trinajstić information content (AvgIpc) is 2.06. The van der Waals surface area contributed by atoms with Gasteiger partial charge in [-0.1, -0.05) is 6.07 Å². The lowest BCUT2D eigenvalue weighted by Crippen LogP contribution is -2.15. The highest BCUT2D eigenvalue weighted by Gasteiger charge is 2.12. The van der Waals surface area contributed by atoms with Crippen LogP contribution in [0.4, 0.5) is 0 Å². The molecule has 1 aliphatic heterocycles. The lowest BCUT2D eigenvalue weighted by molar-refractivity contribution is 0.170. The van der Waals surface area contributed by atoms with Gasteiger partial charge in [-0.25, -0.2) is 0 Å². The lowest BCUT2D eigenvalue weighted by atomic mass is 10.3. The minimum absolute atomic E-state index is 0.660. The van der Waals surface area contributed by atoms with Crippen molar-refractivity contribution in [2.75, 3.05) is 13.2 Å². The highest BCUT2D eigenvalue weighted by Crippen LogP contribution is 2.33. The van der Waals surface area contributed by atoms with Gasteiger partial charge in [0.2, 0.25) is 0 Å². The van der Waals surface area contributed by atoms with Crippen molar-refractivity contribution in [2.45, 2.75) is 0 Å². The van der Waals surface area contributed by atoms with Gasteiger partial charge in [-0.2, -0.15) is 0 Å². The summed E-state index contributed by atoms with van der Waals surface area (Å²) < 4.78 is 11.9. The van der Waals surface area contributed by atoms with Crippen molar-refractivity contribution in [1.82, 2.24) is 0 Å². The lowest BCUT2D eigenvalue weighted by Gasteiger charge is -2.18. The van der Waals surface area contributed by atoms with Gasteiger partial charge in [-0.15, -0.1) is 0 Å². The summed E-state index contributed by atoms with van der Waals surface area (Å²) in [6, 6.07) is 5.90. The molecule has 0 aromatic heterocycles. The molecule has 3 heteroatoms. The number of rotatable bonds is 0. The first-order chi connectivity index (χ1) is 5.38. The summed E-state index contributed by atoms with van der Waals surface area (Å²) >= 11 is 2.24. The standard InChI is InChI=1S/C8H7IO2/c9-6-2-1-3-7-8(6)11-5-4-10-7/h1-3H,4-5H2. The van der Waals surface area contributed by atoms with Gasteiger partial charge in [0.05, 0.1) is 3.57 Å². The Balaban J connectivity index is 2.49. The molecule has 58 valence electrons. The molecule has 2 rings (SSSR count). The minimum Gasteiger partial charge on any atom is -0.486 e. The quantitative estimate of drug-likeness (QED) is 0.666. The third-order valence-corrected chi connectivity index (χ3v) is 2.37. The molecule has 0 bridgehead atoms. The Hall–Kier alpha value is -0.450. The number of fused-ring (bicyclic) bond motifs is 1. The second kappa shape index (κ2) is 2.89. The van der Waals surface area contributed by atoms with Crippen LogP contribution < -0.4 is 9.47 Å². The van der Waals surface area contributed by atoms with E-state index in [1.165, 1.54) is 0 Å². The van der Waals surface area contributed by atoms with Crippen LogP contribution in [-0.4, -0.2) is 13.2 Å². The van der Waals surface area contributed by atoms with Gasteiger partial charge >= 0.3 is 0 Å². The Bertz CT molecular complexity index is 273. The number of benzene rings is 1. The summed E-state index contributed by atoms with van der Waals surface area (Å²) in [5, 5.41) is 0. The Morgan fingerprint density at radius 3 is 2.82 bits per heavy atom. The van der Waals surface area contributed by atoms with Crippen LogP contribution in [0.5, 0.6) is 11.5 Å². The van der Waals surface area contributed by atoms with Crippen LogP contribution >= 0.6 is 22.6 Å². The van der Waals surface area contributed by atoms with E-state index in [9.17, 15) is 0 Å². The maximum atomic E-state index is 5.42. The summed E-state index contributed by atoms with van der Waals surface area (Å²) in [5.74, 6) is 1.75. The molecule has 0 spiro atoms. The van der Waals surface area contributed by atoms with Crippen LogP contribution in [0.15, 0.2) is 18.2 Å². The van der Waals surface area contributed by atoms with Gasteiger partial charge in [0.25, 0.3) is 0 Å². The maximum Gasteiger partial charge on any atom is 0.174 e. The topological polar surface area (TPSA) is 18.5 Å². The molecule has 0 fully saturated rings. The van der Waals surface area contributed by atoms with E-state index in [4.69, 9.17) is 9.47 Å². The normalized spacial score (nSPS) is 14.6. The Labute approximate surface area is 78.6 Å². The van der Waals surface area contributed by atoms with Crippen molar-refractivity contribution in [3.05, 3.63) is 21.8 Å². The first-order valence-electron chi connectivity index (χ1n) is 3.42. The zero-order valence-electron chi connectivity index (χ0n) is 5.84. The predicted octanol–water partition coefficient (Wildman–Crippen LogP) is 2.06. The van der Waals surface area contributed by atoms with Gasteiger partial charge in [-0.3, -0.25) is 0 Å². The van der Waals surface area contributed by atoms with Gasteiger partial charge in [-0.05, 0) is 34.7 Å². The summed E-state index contributed by atoms with van der Waals surface area (Å²) in [7, 11) is 0. The summed E-state index contributed by atoms with van der Waals surface area (Å²) in [6.07, 6.45) is 0. The predicted molar refractivity (Wildman–Crippen MR) is 50.1 cm³/mol. The number of halogens is 1. The first-order valence-corrected chi connectivity index (χ1v) is 4.50. The monoisotopic (exact) mass is 262 g/mol. The third kappa shape index (κ3) is 1.29. The molecule has 0 N–H and O–H groups in total. The van der Waals surface area contributed by atoms with Gasteiger partial charge < -0.3 is 9.47 Å². The van der Waals surface area contributed by atoms with E-state index in [1.54, 1.807) is 0 Å². The van der Waals surface area contributed by atoms with E-state index < -0.39 is 0 Å². The van der Waals surface area contributed by atoms with Crippen molar-refractivity contribution in [3.8, 4) is 11.5 Å². The van der Waals surface area contributed by atoms with E-state index in [0.717, 1.165) is 15.1 Å². The number of ether oxygens (including phenoxy) is 2. The molecule has 0 saturated heterocycles. The molecule has 0 atom stereocenters. The Kier molecular flexibility index (Phi) is 1.89. The fourth-order valence-corrected chi connectivity index (χ4v) is 1.67. The van der Waals surface area contributed by atoms with E-state index in [-0.39, 0.29) is 0 Å². The van der Waals surface area contributed by atoms with E-state index in [1.807, 2.05) is 18.2 Å². The van der Waals surface area contributed by atoms with Gasteiger partial charge in [0.15, 0.2) is 11.5 Å². The fourth-order valence-electron chi connectivity index (χ4n) is 1.04. The largest absolute Gasteiger partial charge is 0.486 e. The zero-order chi connectivity index (χ0) is 7.68. The summed E-state index contributed by atoms with van der Waals surface area (Å²) in [5.41, 5.74) is 0. The smallest absolute Gasteiger partial charge is 0.174 e. The number of para-hydroxylation sites is 1. The molecule has 1 aromatic rings. The van der Waals surface area contributed by atoms with Crippen molar-refractivity contribution in [2.24, 2.45) is 0 Å². The number of hydrogen-bond donors (Lipinski definition) is 0. The van der Waals surface area contributed by atoms with Crippen LogP contribution in [-0.2, 0) is 0 Å². The molecule has 1 aliphatic rings. The molecule has 1 aromatic carbocycles. The van der Waals surface area contributed by atoms with Gasteiger partial charge in [0, 0.05) is 0 Å². The number of hydrogen-bond acceptors (Lipinski definition) is 2. The molecular weight excluding hydrogens is 255 g/mol. The Morgan fingerprint density at radius 2 is 2.00 bits per heavy atom. The summed E-state index contributed by atoms with van der Waals surface area (Å²) in [6.45, 7) is 1.32. The average molecular weight is 262 g/mol. The van der Waals surface area contributed by atoms with Crippen molar-refractivity contribution in [1.29, 1.82) is 0 Å². The molecule has 0 amide bonds. The molecule has 2 nitrogen and oxygen atoms in total. The Morgan fingerprint density at radius 1 is 1.18 bits per heavy atom. The molecule has 0 aliphatic carbocycles. The third-order valence-electron chi connectivity index (χ3n) is 1.52. The van der Waals surface area contributed by atoms with Crippen molar-refractivity contribution in [3.63, 3.8) is 0 Å². The van der Waals surface area contributed by atoms with Crippen molar-refractivity contribution >= 4 is 22.6 Å². The van der Waals surface area contributed by atoms with Crippen LogP contribution in [0.2, 0.25) is 0 Å². The molecular formula is C8H7IO2. The zero-order valence-corrected chi connectivity index (χ0v) is 8.00. The van der Waals surface area contributed by atoms with Crippen LogP contribution in [0.1, 0.15) is 0 Å². The highest BCUT2D eigenvalue weighted by atomic mass is 127. The van der Waals surface area contributed by atoms with Crippen LogP contribution in [0.3, 0.4) is 0 Å². The van der Waals surface area contributed by atoms with Crippen molar-refractivity contribution < 1.29 is 9.47 Å². The maximum absolute atomic E-state index is 5.42.